The molecule has 1 saturated heterocycles. The lowest BCUT2D eigenvalue weighted by Gasteiger charge is -2.34. The minimum atomic E-state index is 0.386. The Balaban J connectivity index is 1.70. The van der Waals surface area contributed by atoms with E-state index in [0.717, 1.165) is 13.4 Å². The minimum absolute atomic E-state index is 0.386. The highest BCUT2D eigenvalue weighted by Gasteiger charge is 2.33. The Bertz CT molecular complexity index is 819. The van der Waals surface area contributed by atoms with Crippen molar-refractivity contribution in [1.29, 1.82) is 0 Å². The quantitative estimate of drug-likeness (QED) is 0.293. The Morgan fingerprint density at radius 3 is 1.04 bits per heavy atom. The zero-order chi connectivity index (χ0) is 18.8. The molecule has 1 aliphatic heterocycles. The topological polar surface area (TPSA) is 0 Å². The van der Waals surface area contributed by atoms with Crippen LogP contribution in [0, 0.1) is 0 Å². The van der Waals surface area contributed by atoms with Crippen molar-refractivity contribution in [3.8, 4) is 0 Å². The van der Waals surface area contributed by atoms with Gasteiger partial charge in [-0.05, 0) is 53.1 Å². The van der Waals surface area contributed by atoms with Crippen molar-refractivity contribution in [2.24, 2.45) is 0 Å². The number of hydrogen-bond donors (Lipinski definition) is 0. The molecule has 1 fully saturated rings. The molecule has 0 aliphatic carbocycles. The van der Waals surface area contributed by atoms with E-state index in [0.29, 0.717) is 13.7 Å². The van der Waals surface area contributed by atoms with Gasteiger partial charge in [-0.2, -0.15) is 0 Å². The van der Waals surface area contributed by atoms with Crippen LogP contribution in [0.15, 0.2) is 86.2 Å². The van der Waals surface area contributed by atoms with Crippen molar-refractivity contribution in [1.82, 2.24) is 0 Å². The summed E-state index contributed by atoms with van der Waals surface area (Å²) in [5.74, 6) is 0. The van der Waals surface area contributed by atoms with Crippen molar-refractivity contribution >= 4 is 83.1 Å². The third-order valence-corrected chi connectivity index (χ3v) is 10.7. The molecule has 0 aromatic heterocycles. The molecule has 0 N–H and O–H groups in total. The summed E-state index contributed by atoms with van der Waals surface area (Å²) in [6.07, 6.45) is 0. The van der Waals surface area contributed by atoms with Crippen LogP contribution in [-0.4, -0.2) is 0 Å². The molecule has 4 rings (SSSR count). The lowest BCUT2D eigenvalue weighted by Crippen LogP contribution is -2.06. The molecule has 0 saturated carbocycles. The molecule has 1 aliphatic rings. The predicted octanol–water partition coefficient (Wildman–Crippen LogP) is 9.58. The smallest absolute Gasteiger partial charge is 0.0780 e. The van der Waals surface area contributed by atoms with Gasteiger partial charge in [0.05, 0.1) is 13.7 Å². The Labute approximate surface area is 198 Å². The fourth-order valence-electron chi connectivity index (χ4n) is 2.86. The summed E-state index contributed by atoms with van der Waals surface area (Å²) in [7, 11) is 0. The molecular weight excluding hydrogens is 588 g/mol. The van der Waals surface area contributed by atoms with Gasteiger partial charge in [0.15, 0.2) is 0 Å². The lowest BCUT2D eigenvalue weighted by molar-refractivity contribution is 1.25. The summed E-state index contributed by atoms with van der Waals surface area (Å²) >= 11 is 17.0. The van der Waals surface area contributed by atoms with E-state index < -0.39 is 0 Å². The van der Waals surface area contributed by atoms with Crippen LogP contribution in [0.2, 0.25) is 0 Å². The van der Waals surface area contributed by atoms with Gasteiger partial charge in [0, 0.05) is 13.4 Å². The Hall–Kier alpha value is 0.150. The van der Waals surface area contributed by atoms with Crippen LogP contribution in [0.5, 0.6) is 0 Å². The van der Waals surface area contributed by atoms with Crippen molar-refractivity contribution in [2.45, 2.75) is 13.7 Å². The van der Waals surface area contributed by atoms with Gasteiger partial charge in [0.25, 0.3) is 0 Å². The zero-order valence-electron chi connectivity index (χ0n) is 14.0. The van der Waals surface area contributed by atoms with Crippen LogP contribution in [-0.2, 0) is 0 Å². The van der Waals surface area contributed by atoms with E-state index in [9.17, 15) is 0 Å². The van der Waals surface area contributed by atoms with E-state index in [4.69, 9.17) is 0 Å². The van der Waals surface area contributed by atoms with Gasteiger partial charge in [-0.25, -0.2) is 0 Å². The maximum Gasteiger partial charge on any atom is 0.0780 e. The van der Waals surface area contributed by atoms with Gasteiger partial charge in [0.2, 0.25) is 0 Å². The van der Waals surface area contributed by atoms with Crippen molar-refractivity contribution in [3.05, 3.63) is 103 Å². The number of halogens is 3. The van der Waals surface area contributed by atoms with E-state index in [1.165, 1.54) is 16.7 Å². The Kier molecular flexibility index (Phi) is 7.04. The van der Waals surface area contributed by atoms with E-state index >= 15 is 0 Å². The second-order valence-corrected chi connectivity index (χ2v) is 13.4. The number of rotatable bonds is 3. The third kappa shape index (κ3) is 5.20. The van der Waals surface area contributed by atoms with Gasteiger partial charge < -0.3 is 0 Å². The molecule has 0 amide bonds. The Morgan fingerprint density at radius 1 is 0.481 bits per heavy atom. The molecule has 27 heavy (non-hydrogen) atoms. The van der Waals surface area contributed by atoms with Crippen molar-refractivity contribution in [3.63, 3.8) is 0 Å². The second-order valence-electron chi connectivity index (χ2n) is 6.07. The predicted molar refractivity (Wildman–Crippen MR) is 133 cm³/mol. The van der Waals surface area contributed by atoms with Crippen LogP contribution >= 0.6 is 83.1 Å². The highest BCUT2D eigenvalue weighted by molar-refractivity contribution is 9.11. The van der Waals surface area contributed by atoms with Gasteiger partial charge in [-0.15, -0.1) is 35.3 Å². The molecule has 0 radical (unpaired) electrons. The first-order valence-electron chi connectivity index (χ1n) is 8.31. The summed E-state index contributed by atoms with van der Waals surface area (Å²) < 4.78 is 4.57. The first kappa shape index (κ1) is 20.4. The standard InChI is InChI=1S/C21H15Br3S3/c22-16-7-1-4-13(10-16)19-25-20(14-5-2-8-17(23)11-14)27-21(26-19)15-6-3-9-18(24)12-15/h1-12,19-21H. The molecule has 0 spiro atoms. The maximum absolute atomic E-state index is 3.63. The fourth-order valence-corrected chi connectivity index (χ4v) is 10.0. The first-order valence-corrected chi connectivity index (χ1v) is 13.5. The Morgan fingerprint density at radius 2 is 0.778 bits per heavy atom. The molecule has 3 aromatic rings. The van der Waals surface area contributed by atoms with E-state index in [1.54, 1.807) is 0 Å². The van der Waals surface area contributed by atoms with Gasteiger partial charge in [-0.1, -0.05) is 84.2 Å². The van der Waals surface area contributed by atoms with Gasteiger partial charge >= 0.3 is 0 Å². The number of benzene rings is 3. The SMILES string of the molecule is Brc1cccc(C2SC(c3cccc(Br)c3)SC(c3cccc(Br)c3)S2)c1. The molecule has 0 atom stereocenters. The van der Waals surface area contributed by atoms with Crippen LogP contribution in [0.1, 0.15) is 30.4 Å². The molecule has 1 heterocycles. The minimum Gasteiger partial charge on any atom is -0.123 e. The summed E-state index contributed by atoms with van der Waals surface area (Å²) in [6, 6.07) is 26.1. The van der Waals surface area contributed by atoms with E-state index in [2.05, 4.69) is 121 Å². The van der Waals surface area contributed by atoms with E-state index in [1.807, 2.05) is 35.3 Å². The monoisotopic (exact) mass is 600 g/mol. The maximum atomic E-state index is 3.63. The summed E-state index contributed by atoms with van der Waals surface area (Å²) in [4.78, 5) is 0. The molecular formula is C21H15Br3S3. The molecule has 6 heteroatoms. The summed E-state index contributed by atoms with van der Waals surface area (Å²) in [5, 5.41) is 0. The number of thioether (sulfide) groups is 3. The van der Waals surface area contributed by atoms with Crippen molar-refractivity contribution < 1.29 is 0 Å². The second kappa shape index (κ2) is 9.31. The molecule has 0 bridgehead atoms. The lowest BCUT2D eigenvalue weighted by atomic mass is 10.2. The van der Waals surface area contributed by atoms with Crippen LogP contribution in [0.4, 0.5) is 0 Å². The van der Waals surface area contributed by atoms with Gasteiger partial charge in [-0.3, -0.25) is 0 Å². The largest absolute Gasteiger partial charge is 0.123 e. The normalized spacial score (nSPS) is 22.6. The van der Waals surface area contributed by atoms with Crippen LogP contribution in [0.3, 0.4) is 0 Å². The van der Waals surface area contributed by atoms with Crippen LogP contribution < -0.4 is 0 Å². The average Bonchev–Trinajstić information content (AvgIpc) is 2.68. The van der Waals surface area contributed by atoms with Gasteiger partial charge in [0.1, 0.15) is 0 Å². The molecule has 3 aromatic carbocycles. The van der Waals surface area contributed by atoms with Crippen LogP contribution in [0.25, 0.3) is 0 Å². The zero-order valence-corrected chi connectivity index (χ0v) is 21.2. The summed E-state index contributed by atoms with van der Waals surface area (Å²) in [5.41, 5.74) is 4.08. The van der Waals surface area contributed by atoms with E-state index in [-0.39, 0.29) is 0 Å². The number of hydrogen-bond acceptors (Lipinski definition) is 3. The average molecular weight is 603 g/mol. The third-order valence-electron chi connectivity index (χ3n) is 4.10. The molecule has 138 valence electrons. The molecule has 0 nitrogen and oxygen atoms in total. The fraction of sp³-hybridized carbons (Fsp3) is 0.143. The summed E-state index contributed by atoms with van der Waals surface area (Å²) in [6.45, 7) is 0. The first-order chi connectivity index (χ1) is 13.1. The van der Waals surface area contributed by atoms with Crippen molar-refractivity contribution in [2.75, 3.05) is 0 Å². The molecule has 0 unspecified atom stereocenters. The highest BCUT2D eigenvalue weighted by Crippen LogP contribution is 2.66. The highest BCUT2D eigenvalue weighted by atomic mass is 79.9.